The Kier molecular flexibility index (Phi) is 3.34. The highest BCUT2D eigenvalue weighted by Crippen LogP contribution is 2.31. The fourth-order valence-electron chi connectivity index (χ4n) is 1.75. The summed E-state index contributed by atoms with van der Waals surface area (Å²) in [7, 11) is 0. The maximum Gasteiger partial charge on any atom is 0.416 e. The molecule has 2 heterocycles. The third kappa shape index (κ3) is 2.51. The minimum atomic E-state index is -4.40. The van der Waals surface area contributed by atoms with E-state index in [0.29, 0.717) is 5.56 Å². The summed E-state index contributed by atoms with van der Waals surface area (Å²) in [5.74, 6) is 1.26. The lowest BCUT2D eigenvalue weighted by Crippen LogP contribution is -2.39. The average Bonchev–Trinajstić information content (AvgIpc) is 2.51. The lowest BCUT2D eigenvalue weighted by atomic mass is 10.0. The normalized spacial score (nSPS) is 17.7. The van der Waals surface area contributed by atoms with E-state index >= 15 is 0 Å². The van der Waals surface area contributed by atoms with E-state index in [1.807, 2.05) is 0 Å². The van der Waals surface area contributed by atoms with Gasteiger partial charge in [0.15, 0.2) is 0 Å². The average molecular weight is 257 g/mol. The predicted molar refractivity (Wildman–Crippen MR) is 63.3 cm³/mol. The monoisotopic (exact) mass is 257 g/mol. The number of furan rings is 1. The van der Waals surface area contributed by atoms with Crippen LogP contribution in [0.3, 0.4) is 0 Å². The van der Waals surface area contributed by atoms with E-state index in [0.717, 1.165) is 31.0 Å². The second kappa shape index (κ2) is 4.65. The molecular formula is C13H14F3NO. The van der Waals surface area contributed by atoms with Crippen molar-refractivity contribution in [3.8, 4) is 0 Å². The standard InChI is InChI=1S/C13H14F3NO/c1-3-10(13(14,15)16)5-11-8(2)4-12(18-11)9-6-17-7-9/h3-5,9,17H,1,6-7H2,2H3/b10-5+. The van der Waals surface area contributed by atoms with Crippen molar-refractivity contribution in [2.75, 3.05) is 13.1 Å². The van der Waals surface area contributed by atoms with Crippen molar-refractivity contribution in [2.45, 2.75) is 19.0 Å². The largest absolute Gasteiger partial charge is 0.461 e. The van der Waals surface area contributed by atoms with Gasteiger partial charge in [0.1, 0.15) is 11.5 Å². The van der Waals surface area contributed by atoms with Crippen LogP contribution in [0.15, 0.2) is 28.7 Å². The molecule has 5 heteroatoms. The van der Waals surface area contributed by atoms with Crippen molar-refractivity contribution in [3.05, 3.63) is 41.4 Å². The van der Waals surface area contributed by atoms with Crippen molar-refractivity contribution in [3.63, 3.8) is 0 Å². The maximum atomic E-state index is 12.6. The van der Waals surface area contributed by atoms with Crippen LogP contribution in [-0.2, 0) is 0 Å². The Morgan fingerprint density at radius 1 is 1.50 bits per heavy atom. The minimum Gasteiger partial charge on any atom is -0.461 e. The molecule has 0 unspecified atom stereocenters. The molecule has 0 saturated carbocycles. The molecule has 18 heavy (non-hydrogen) atoms. The second-order valence-corrected chi connectivity index (χ2v) is 4.35. The number of hydrogen-bond acceptors (Lipinski definition) is 2. The topological polar surface area (TPSA) is 25.2 Å². The lowest BCUT2D eigenvalue weighted by Gasteiger charge is -2.24. The van der Waals surface area contributed by atoms with Crippen LogP contribution < -0.4 is 5.32 Å². The summed E-state index contributed by atoms with van der Waals surface area (Å²) < 4.78 is 43.2. The van der Waals surface area contributed by atoms with E-state index in [1.165, 1.54) is 0 Å². The number of aryl methyl sites for hydroxylation is 1. The van der Waals surface area contributed by atoms with Gasteiger partial charge in [-0.1, -0.05) is 12.7 Å². The predicted octanol–water partition coefficient (Wildman–Crippen LogP) is 3.41. The first-order chi connectivity index (χ1) is 8.41. The van der Waals surface area contributed by atoms with Gasteiger partial charge in [0.05, 0.1) is 5.57 Å². The molecule has 1 aliphatic rings. The first kappa shape index (κ1) is 13.0. The molecular weight excluding hydrogens is 243 g/mol. The highest BCUT2D eigenvalue weighted by molar-refractivity contribution is 5.56. The second-order valence-electron chi connectivity index (χ2n) is 4.35. The molecule has 0 bridgehead atoms. The third-order valence-electron chi connectivity index (χ3n) is 2.99. The molecule has 1 aromatic heterocycles. The Morgan fingerprint density at radius 3 is 2.61 bits per heavy atom. The van der Waals surface area contributed by atoms with Gasteiger partial charge in [-0.05, 0) is 24.6 Å². The van der Waals surface area contributed by atoms with Crippen LogP contribution in [0.2, 0.25) is 0 Å². The summed E-state index contributed by atoms with van der Waals surface area (Å²) >= 11 is 0. The number of allylic oxidation sites excluding steroid dienone is 2. The Balaban J connectivity index is 2.30. The summed E-state index contributed by atoms with van der Waals surface area (Å²) in [6.07, 6.45) is -2.61. The summed E-state index contributed by atoms with van der Waals surface area (Å²) in [5, 5.41) is 3.09. The molecule has 0 aliphatic carbocycles. The third-order valence-corrected chi connectivity index (χ3v) is 2.99. The van der Waals surface area contributed by atoms with Crippen molar-refractivity contribution in [1.82, 2.24) is 5.32 Å². The number of halogens is 3. The molecule has 2 nitrogen and oxygen atoms in total. The summed E-state index contributed by atoms with van der Waals surface area (Å²) in [4.78, 5) is 0. The van der Waals surface area contributed by atoms with Crippen molar-refractivity contribution < 1.29 is 17.6 Å². The van der Waals surface area contributed by atoms with Crippen LogP contribution in [0.25, 0.3) is 6.08 Å². The molecule has 1 aliphatic heterocycles. The Hall–Kier alpha value is -1.49. The van der Waals surface area contributed by atoms with Crippen LogP contribution in [0, 0.1) is 6.92 Å². The number of alkyl halides is 3. The SMILES string of the molecule is C=C/C(=C\c1oc(C2CNC2)cc1C)C(F)(F)F. The minimum absolute atomic E-state index is 0.254. The van der Waals surface area contributed by atoms with Crippen molar-refractivity contribution in [1.29, 1.82) is 0 Å². The molecule has 0 amide bonds. The first-order valence-corrected chi connectivity index (χ1v) is 5.64. The van der Waals surface area contributed by atoms with Crippen LogP contribution in [0.5, 0.6) is 0 Å². The number of nitrogens with one attached hydrogen (secondary N) is 1. The molecule has 2 rings (SSSR count). The smallest absolute Gasteiger partial charge is 0.416 e. The van der Waals surface area contributed by atoms with Crippen molar-refractivity contribution >= 4 is 6.08 Å². The Bertz CT molecular complexity index is 481. The van der Waals surface area contributed by atoms with Crippen molar-refractivity contribution in [2.24, 2.45) is 0 Å². The van der Waals surface area contributed by atoms with Crippen LogP contribution in [-0.4, -0.2) is 19.3 Å². The zero-order valence-electron chi connectivity index (χ0n) is 9.97. The molecule has 1 aromatic rings. The Morgan fingerprint density at radius 2 is 2.17 bits per heavy atom. The number of hydrogen-bond donors (Lipinski definition) is 1. The van der Waals surface area contributed by atoms with Gasteiger partial charge in [-0.3, -0.25) is 0 Å². The molecule has 0 aromatic carbocycles. The molecule has 1 N–H and O–H groups in total. The fraction of sp³-hybridized carbons (Fsp3) is 0.385. The van der Waals surface area contributed by atoms with Gasteiger partial charge in [-0.2, -0.15) is 13.2 Å². The van der Waals surface area contributed by atoms with E-state index < -0.39 is 11.7 Å². The van der Waals surface area contributed by atoms with Gasteiger partial charge in [-0.15, -0.1) is 0 Å². The van der Waals surface area contributed by atoms with Gasteiger partial charge in [-0.25, -0.2) is 0 Å². The molecule has 1 saturated heterocycles. The highest BCUT2D eigenvalue weighted by Gasteiger charge is 2.32. The van der Waals surface area contributed by atoms with Gasteiger partial charge < -0.3 is 9.73 Å². The Labute approximate surface area is 103 Å². The molecule has 0 radical (unpaired) electrons. The first-order valence-electron chi connectivity index (χ1n) is 5.64. The van der Waals surface area contributed by atoms with Gasteiger partial charge in [0.2, 0.25) is 0 Å². The molecule has 0 spiro atoms. The van der Waals surface area contributed by atoms with E-state index in [2.05, 4.69) is 11.9 Å². The molecule has 1 fully saturated rings. The van der Waals surface area contributed by atoms with E-state index in [1.54, 1.807) is 13.0 Å². The van der Waals surface area contributed by atoms with Gasteiger partial charge >= 0.3 is 6.18 Å². The maximum absolute atomic E-state index is 12.6. The van der Waals surface area contributed by atoms with E-state index in [4.69, 9.17) is 4.42 Å². The lowest BCUT2D eigenvalue weighted by molar-refractivity contribution is -0.0873. The fourth-order valence-corrected chi connectivity index (χ4v) is 1.75. The number of rotatable bonds is 3. The molecule has 0 atom stereocenters. The zero-order chi connectivity index (χ0) is 13.3. The molecule has 98 valence electrons. The summed E-state index contributed by atoms with van der Waals surface area (Å²) in [6, 6.07) is 1.80. The quantitative estimate of drug-likeness (QED) is 0.839. The summed E-state index contributed by atoms with van der Waals surface area (Å²) in [6.45, 7) is 6.54. The van der Waals surface area contributed by atoms with E-state index in [-0.39, 0.29) is 11.7 Å². The van der Waals surface area contributed by atoms with Gasteiger partial charge in [0.25, 0.3) is 0 Å². The van der Waals surface area contributed by atoms with Crippen LogP contribution in [0.1, 0.15) is 23.0 Å². The van der Waals surface area contributed by atoms with Crippen LogP contribution >= 0.6 is 0 Å². The highest BCUT2D eigenvalue weighted by atomic mass is 19.4. The zero-order valence-corrected chi connectivity index (χ0v) is 9.97. The summed E-state index contributed by atoms with van der Waals surface area (Å²) in [5.41, 5.74) is -0.0845. The van der Waals surface area contributed by atoms with Gasteiger partial charge in [0, 0.05) is 19.0 Å². The van der Waals surface area contributed by atoms with E-state index in [9.17, 15) is 13.2 Å². The van der Waals surface area contributed by atoms with Crippen LogP contribution in [0.4, 0.5) is 13.2 Å².